The summed E-state index contributed by atoms with van der Waals surface area (Å²) in [6.45, 7) is 0.482. The van der Waals surface area contributed by atoms with Crippen molar-refractivity contribution in [1.82, 2.24) is 24.4 Å². The summed E-state index contributed by atoms with van der Waals surface area (Å²) >= 11 is 0. The van der Waals surface area contributed by atoms with Gasteiger partial charge in [-0.1, -0.05) is 12.1 Å². The number of amides is 1. The monoisotopic (exact) mass is 480 g/mol. The number of nitrogens with zero attached hydrogens (tertiary/aromatic N) is 5. The predicted octanol–water partition coefficient (Wildman–Crippen LogP) is 5.05. The van der Waals surface area contributed by atoms with Crippen LogP contribution in [0.3, 0.4) is 0 Å². The number of aromatic nitrogens is 5. The molecule has 0 saturated carbocycles. The van der Waals surface area contributed by atoms with E-state index in [-0.39, 0.29) is 17.0 Å². The minimum Gasteiger partial charge on any atom is -0.321 e. The average molecular weight is 480 g/mol. The lowest BCUT2D eigenvalue weighted by molar-refractivity contribution is -0.142. The number of anilines is 1. The molecule has 11 heteroatoms. The van der Waals surface area contributed by atoms with E-state index in [1.165, 1.54) is 18.2 Å². The van der Waals surface area contributed by atoms with E-state index in [4.69, 9.17) is 0 Å². The van der Waals surface area contributed by atoms with Crippen molar-refractivity contribution >= 4 is 17.2 Å². The minimum atomic E-state index is -4.77. The van der Waals surface area contributed by atoms with Crippen molar-refractivity contribution in [1.29, 1.82) is 0 Å². The molecule has 0 aliphatic carbocycles. The van der Waals surface area contributed by atoms with Crippen LogP contribution in [0.15, 0.2) is 79.1 Å². The zero-order valence-corrected chi connectivity index (χ0v) is 17.9. The topological polar surface area (TPSA) is 77.1 Å². The van der Waals surface area contributed by atoms with Gasteiger partial charge in [0.05, 0.1) is 12.2 Å². The number of hydrogen-bond donors (Lipinski definition) is 1. The standard InChI is InChI=1S/C24H16F4N6O/c25-17-7-5-16(6-8-17)19-12-21(24(26,27)28)34-22(31-19)13-20(32-34)23(35)30-18-4-1-3-15(11-18)14-33-10-2-9-29-33/h1-13H,14H2,(H,30,35). The van der Waals surface area contributed by atoms with Gasteiger partial charge in [-0.05, 0) is 54.1 Å². The van der Waals surface area contributed by atoms with E-state index in [0.29, 0.717) is 22.3 Å². The van der Waals surface area contributed by atoms with Crippen LogP contribution in [0.2, 0.25) is 0 Å². The van der Waals surface area contributed by atoms with Gasteiger partial charge in [0.2, 0.25) is 0 Å². The molecular formula is C24H16F4N6O. The number of rotatable bonds is 5. The largest absolute Gasteiger partial charge is 0.433 e. The second-order valence-corrected chi connectivity index (χ2v) is 7.69. The Bertz CT molecular complexity index is 1510. The summed E-state index contributed by atoms with van der Waals surface area (Å²) in [6, 6.07) is 15.7. The van der Waals surface area contributed by atoms with Gasteiger partial charge in [0, 0.05) is 29.7 Å². The minimum absolute atomic E-state index is 0.0250. The summed E-state index contributed by atoms with van der Waals surface area (Å²) in [6.07, 6.45) is -1.32. The van der Waals surface area contributed by atoms with E-state index in [9.17, 15) is 22.4 Å². The highest BCUT2D eigenvalue weighted by Gasteiger charge is 2.35. The van der Waals surface area contributed by atoms with Gasteiger partial charge >= 0.3 is 6.18 Å². The second-order valence-electron chi connectivity index (χ2n) is 7.69. The van der Waals surface area contributed by atoms with Gasteiger partial charge < -0.3 is 5.32 Å². The van der Waals surface area contributed by atoms with Crippen LogP contribution < -0.4 is 5.32 Å². The fourth-order valence-electron chi connectivity index (χ4n) is 3.58. The molecule has 5 rings (SSSR count). The molecule has 0 unspecified atom stereocenters. The van der Waals surface area contributed by atoms with Crippen LogP contribution in [0.4, 0.5) is 23.2 Å². The van der Waals surface area contributed by atoms with Crippen LogP contribution in [0, 0.1) is 5.82 Å². The van der Waals surface area contributed by atoms with Gasteiger partial charge in [-0.15, -0.1) is 0 Å². The van der Waals surface area contributed by atoms with Crippen molar-refractivity contribution in [3.63, 3.8) is 0 Å². The maximum absolute atomic E-state index is 13.8. The summed E-state index contributed by atoms with van der Waals surface area (Å²) in [4.78, 5) is 17.0. The molecule has 5 aromatic rings. The Morgan fingerprint density at radius 2 is 1.80 bits per heavy atom. The zero-order valence-electron chi connectivity index (χ0n) is 17.9. The van der Waals surface area contributed by atoms with Gasteiger partial charge in [-0.2, -0.15) is 23.4 Å². The average Bonchev–Trinajstić information content (AvgIpc) is 3.48. The third-order valence-electron chi connectivity index (χ3n) is 5.18. The fraction of sp³-hybridized carbons (Fsp3) is 0.0833. The van der Waals surface area contributed by atoms with Crippen molar-refractivity contribution < 1.29 is 22.4 Å². The summed E-state index contributed by atoms with van der Waals surface area (Å²) in [5.41, 5.74) is 0.0679. The molecule has 3 aromatic heterocycles. The van der Waals surface area contributed by atoms with E-state index < -0.39 is 23.6 Å². The number of fused-ring (bicyclic) bond motifs is 1. The molecule has 0 aliphatic rings. The fourth-order valence-corrected chi connectivity index (χ4v) is 3.58. The Morgan fingerprint density at radius 1 is 1.00 bits per heavy atom. The number of carbonyl (C=O) groups excluding carboxylic acids is 1. The number of halogens is 4. The number of hydrogen-bond acceptors (Lipinski definition) is 4. The zero-order chi connectivity index (χ0) is 24.6. The Labute approximate surface area is 195 Å². The highest BCUT2D eigenvalue weighted by atomic mass is 19.4. The molecule has 0 fully saturated rings. The van der Waals surface area contributed by atoms with Gasteiger partial charge in [0.25, 0.3) is 5.91 Å². The van der Waals surface area contributed by atoms with Crippen LogP contribution in [0.5, 0.6) is 0 Å². The lowest BCUT2D eigenvalue weighted by Gasteiger charge is -2.11. The Kier molecular flexibility index (Phi) is 5.51. The second kappa shape index (κ2) is 8.67. The van der Waals surface area contributed by atoms with Crippen LogP contribution in [0.1, 0.15) is 21.7 Å². The first-order chi connectivity index (χ1) is 16.8. The molecule has 1 N–H and O–H groups in total. The van der Waals surface area contributed by atoms with E-state index in [1.54, 1.807) is 41.3 Å². The molecule has 1 amide bonds. The molecule has 2 aromatic carbocycles. The molecule has 35 heavy (non-hydrogen) atoms. The molecule has 0 atom stereocenters. The summed E-state index contributed by atoms with van der Waals surface area (Å²) < 4.78 is 56.9. The molecule has 3 heterocycles. The first-order valence-corrected chi connectivity index (χ1v) is 10.4. The smallest absolute Gasteiger partial charge is 0.321 e. The van der Waals surface area contributed by atoms with Crippen LogP contribution in [-0.4, -0.2) is 30.3 Å². The normalized spacial score (nSPS) is 11.7. The molecule has 0 bridgehead atoms. The predicted molar refractivity (Wildman–Crippen MR) is 119 cm³/mol. The van der Waals surface area contributed by atoms with Crippen molar-refractivity contribution in [2.75, 3.05) is 5.32 Å². The lowest BCUT2D eigenvalue weighted by atomic mass is 10.1. The maximum atomic E-state index is 13.8. The molecule has 0 spiro atoms. The molecule has 176 valence electrons. The van der Waals surface area contributed by atoms with Crippen LogP contribution in [0.25, 0.3) is 16.9 Å². The molecular weight excluding hydrogens is 464 g/mol. The molecule has 0 aliphatic heterocycles. The van der Waals surface area contributed by atoms with E-state index in [1.807, 2.05) is 6.07 Å². The van der Waals surface area contributed by atoms with Crippen LogP contribution in [-0.2, 0) is 12.7 Å². The Hall–Kier alpha value is -4.54. The van der Waals surface area contributed by atoms with Gasteiger partial charge in [-0.3, -0.25) is 9.48 Å². The Morgan fingerprint density at radius 3 is 2.51 bits per heavy atom. The quantitative estimate of drug-likeness (QED) is 0.357. The third kappa shape index (κ3) is 4.74. The number of nitrogens with one attached hydrogen (secondary N) is 1. The SMILES string of the molecule is O=C(Nc1cccc(Cn2cccn2)c1)c1cc2nc(-c3ccc(F)cc3)cc(C(F)(F)F)n2n1. The highest BCUT2D eigenvalue weighted by Crippen LogP contribution is 2.32. The van der Waals surface area contributed by atoms with E-state index in [0.717, 1.165) is 23.8 Å². The van der Waals surface area contributed by atoms with Gasteiger partial charge in [0.15, 0.2) is 17.0 Å². The summed E-state index contributed by atoms with van der Waals surface area (Å²) in [7, 11) is 0. The van der Waals surface area contributed by atoms with Gasteiger partial charge in [-0.25, -0.2) is 13.9 Å². The summed E-state index contributed by atoms with van der Waals surface area (Å²) in [5.74, 6) is -1.22. The van der Waals surface area contributed by atoms with E-state index in [2.05, 4.69) is 20.5 Å². The first kappa shape index (κ1) is 22.3. The maximum Gasteiger partial charge on any atom is 0.433 e. The van der Waals surface area contributed by atoms with Crippen LogP contribution >= 0.6 is 0 Å². The number of alkyl halides is 3. The molecule has 0 radical (unpaired) electrons. The third-order valence-corrected chi connectivity index (χ3v) is 5.18. The van der Waals surface area contributed by atoms with Crippen molar-refractivity contribution in [3.8, 4) is 11.3 Å². The number of benzene rings is 2. The van der Waals surface area contributed by atoms with Crippen molar-refractivity contribution in [2.24, 2.45) is 0 Å². The first-order valence-electron chi connectivity index (χ1n) is 10.4. The molecule has 0 saturated heterocycles. The van der Waals surface area contributed by atoms with Gasteiger partial charge in [0.1, 0.15) is 5.82 Å². The number of carbonyl (C=O) groups is 1. The highest BCUT2D eigenvalue weighted by molar-refractivity contribution is 6.03. The van der Waals surface area contributed by atoms with Crippen molar-refractivity contribution in [3.05, 3.63) is 102 Å². The lowest BCUT2D eigenvalue weighted by Crippen LogP contribution is -2.16. The van der Waals surface area contributed by atoms with Crippen molar-refractivity contribution in [2.45, 2.75) is 12.7 Å². The Balaban J connectivity index is 1.47. The molecule has 7 nitrogen and oxygen atoms in total. The van der Waals surface area contributed by atoms with E-state index >= 15 is 0 Å². The summed E-state index contributed by atoms with van der Waals surface area (Å²) in [5, 5.41) is 10.6.